The average molecular weight is 402 g/mol. The highest BCUT2D eigenvalue weighted by molar-refractivity contribution is 5.77. The standard InChI is InChI=1S/C24H27N5O/c25-22-16-21(23-24(26-22)28-29-27-23)20(19-9-5-2-6-10-19)12-11-18(13-14-30)15-17-7-3-1-4-8-17/h1-10,16,18,20,30H,11-15H2,(H3,25,26,27,28,29). The number of aliphatic hydroxyl groups excluding tert-OH is 1. The van der Waals surface area contributed by atoms with Crippen LogP contribution in [0.1, 0.15) is 41.9 Å². The first kappa shape index (κ1) is 20.0. The van der Waals surface area contributed by atoms with Crippen LogP contribution in [-0.4, -0.2) is 32.1 Å². The molecular formula is C24H27N5O. The Kier molecular flexibility index (Phi) is 6.35. The molecule has 0 amide bonds. The van der Waals surface area contributed by atoms with Crippen LogP contribution in [-0.2, 0) is 6.42 Å². The summed E-state index contributed by atoms with van der Waals surface area (Å²) in [5, 5.41) is 20.8. The number of nitrogens with zero attached hydrogens (tertiary/aromatic N) is 3. The van der Waals surface area contributed by atoms with E-state index in [0.717, 1.165) is 36.8 Å². The number of aromatic amines is 1. The molecule has 0 fully saturated rings. The topological polar surface area (TPSA) is 101 Å². The molecule has 0 bridgehead atoms. The molecular weight excluding hydrogens is 374 g/mol. The SMILES string of the molecule is Nc1cc(C(CCC(CCO)Cc2ccccc2)c2ccccc2)c2n[nH]nc2n1. The Labute approximate surface area is 176 Å². The van der Waals surface area contributed by atoms with Crippen LogP contribution in [0, 0.1) is 5.92 Å². The van der Waals surface area contributed by atoms with Crippen molar-refractivity contribution in [1.82, 2.24) is 20.4 Å². The largest absolute Gasteiger partial charge is 0.396 e. The van der Waals surface area contributed by atoms with E-state index < -0.39 is 0 Å². The minimum absolute atomic E-state index is 0.126. The molecule has 0 aliphatic carbocycles. The summed E-state index contributed by atoms with van der Waals surface area (Å²) in [6.07, 6.45) is 3.65. The molecule has 4 rings (SSSR count). The molecule has 154 valence electrons. The van der Waals surface area contributed by atoms with Crippen molar-refractivity contribution in [3.05, 3.63) is 83.4 Å². The van der Waals surface area contributed by atoms with Crippen molar-refractivity contribution >= 4 is 17.0 Å². The number of nitrogens with one attached hydrogen (secondary N) is 1. The van der Waals surface area contributed by atoms with Gasteiger partial charge in [0.05, 0.1) is 0 Å². The number of pyridine rings is 1. The third kappa shape index (κ3) is 4.66. The van der Waals surface area contributed by atoms with Gasteiger partial charge in [0, 0.05) is 12.5 Å². The molecule has 6 nitrogen and oxygen atoms in total. The number of H-pyrrole nitrogens is 1. The van der Waals surface area contributed by atoms with Gasteiger partial charge < -0.3 is 10.8 Å². The monoisotopic (exact) mass is 401 g/mol. The van der Waals surface area contributed by atoms with E-state index in [2.05, 4.69) is 68.9 Å². The van der Waals surface area contributed by atoms with Gasteiger partial charge in [-0.3, -0.25) is 0 Å². The first-order valence-corrected chi connectivity index (χ1v) is 10.4. The van der Waals surface area contributed by atoms with E-state index in [1.54, 1.807) is 0 Å². The van der Waals surface area contributed by atoms with Crippen LogP contribution in [0.25, 0.3) is 11.2 Å². The number of rotatable bonds is 9. The average Bonchev–Trinajstić information content (AvgIpc) is 3.24. The molecule has 6 heteroatoms. The van der Waals surface area contributed by atoms with Crippen molar-refractivity contribution in [2.75, 3.05) is 12.3 Å². The zero-order valence-corrected chi connectivity index (χ0v) is 16.9. The van der Waals surface area contributed by atoms with Gasteiger partial charge >= 0.3 is 0 Å². The van der Waals surface area contributed by atoms with Crippen molar-refractivity contribution < 1.29 is 5.11 Å². The predicted molar refractivity (Wildman–Crippen MR) is 119 cm³/mol. The van der Waals surface area contributed by atoms with Gasteiger partial charge in [0.15, 0.2) is 0 Å². The van der Waals surface area contributed by atoms with Crippen molar-refractivity contribution in [2.45, 2.75) is 31.6 Å². The lowest BCUT2D eigenvalue weighted by atomic mass is 9.82. The lowest BCUT2D eigenvalue weighted by Crippen LogP contribution is -2.11. The van der Waals surface area contributed by atoms with Crippen LogP contribution in [0.3, 0.4) is 0 Å². The van der Waals surface area contributed by atoms with Crippen molar-refractivity contribution in [2.24, 2.45) is 5.92 Å². The van der Waals surface area contributed by atoms with Crippen LogP contribution in [0.2, 0.25) is 0 Å². The summed E-state index contributed by atoms with van der Waals surface area (Å²) in [7, 11) is 0. The molecule has 0 aliphatic rings. The van der Waals surface area contributed by atoms with Crippen LogP contribution in [0.15, 0.2) is 66.7 Å². The summed E-state index contributed by atoms with van der Waals surface area (Å²) < 4.78 is 0. The Morgan fingerprint density at radius 1 is 0.900 bits per heavy atom. The number of hydrogen-bond donors (Lipinski definition) is 3. The normalized spacial score (nSPS) is 13.4. The second-order valence-corrected chi connectivity index (χ2v) is 7.74. The predicted octanol–water partition coefficient (Wildman–Crippen LogP) is 4.09. The highest BCUT2D eigenvalue weighted by Crippen LogP contribution is 2.35. The molecule has 4 N–H and O–H groups in total. The van der Waals surface area contributed by atoms with Crippen LogP contribution in [0.4, 0.5) is 5.82 Å². The third-order valence-electron chi connectivity index (χ3n) is 5.69. The van der Waals surface area contributed by atoms with E-state index in [1.807, 2.05) is 18.2 Å². The van der Waals surface area contributed by atoms with Gasteiger partial charge in [-0.05, 0) is 54.4 Å². The van der Waals surface area contributed by atoms with Gasteiger partial charge in [-0.1, -0.05) is 60.7 Å². The molecule has 4 aromatic rings. The Balaban J connectivity index is 1.62. The van der Waals surface area contributed by atoms with Gasteiger partial charge in [-0.2, -0.15) is 10.3 Å². The Bertz CT molecular complexity index is 1060. The number of aromatic nitrogens is 4. The number of hydrogen-bond acceptors (Lipinski definition) is 5. The first-order chi connectivity index (χ1) is 14.7. The highest BCUT2D eigenvalue weighted by atomic mass is 16.3. The Morgan fingerprint density at radius 2 is 1.63 bits per heavy atom. The Morgan fingerprint density at radius 3 is 2.37 bits per heavy atom. The lowest BCUT2D eigenvalue weighted by Gasteiger charge is -2.22. The van der Waals surface area contributed by atoms with E-state index >= 15 is 0 Å². The molecule has 2 aromatic heterocycles. The molecule has 30 heavy (non-hydrogen) atoms. The molecule has 0 saturated carbocycles. The number of fused-ring (bicyclic) bond motifs is 1. The zero-order chi connectivity index (χ0) is 20.8. The van der Waals surface area contributed by atoms with Gasteiger partial charge in [0.2, 0.25) is 5.65 Å². The first-order valence-electron chi connectivity index (χ1n) is 10.4. The summed E-state index contributed by atoms with van der Waals surface area (Å²) in [6, 6.07) is 22.8. The molecule has 2 heterocycles. The maximum Gasteiger partial charge on any atom is 0.203 e. The maximum atomic E-state index is 9.62. The highest BCUT2D eigenvalue weighted by Gasteiger charge is 2.22. The summed E-state index contributed by atoms with van der Waals surface area (Å²) in [5.74, 6) is 0.972. The summed E-state index contributed by atoms with van der Waals surface area (Å²) in [4.78, 5) is 4.29. The van der Waals surface area contributed by atoms with E-state index in [-0.39, 0.29) is 12.5 Å². The number of aliphatic hydroxyl groups is 1. The van der Waals surface area contributed by atoms with Gasteiger partial charge in [0.1, 0.15) is 11.3 Å². The quantitative estimate of drug-likeness (QED) is 0.392. The van der Waals surface area contributed by atoms with E-state index in [4.69, 9.17) is 5.73 Å². The number of nitrogen functional groups attached to an aromatic ring is 1. The minimum atomic E-state index is 0.126. The molecule has 2 unspecified atom stereocenters. The van der Waals surface area contributed by atoms with Crippen LogP contribution < -0.4 is 5.73 Å². The van der Waals surface area contributed by atoms with E-state index in [0.29, 0.717) is 17.4 Å². The Hall–Kier alpha value is -3.25. The molecule has 0 aliphatic heterocycles. The van der Waals surface area contributed by atoms with Gasteiger partial charge in [-0.25, -0.2) is 4.98 Å². The van der Waals surface area contributed by atoms with Crippen LogP contribution >= 0.6 is 0 Å². The fraction of sp³-hybridized carbons (Fsp3) is 0.292. The summed E-state index contributed by atoms with van der Waals surface area (Å²) in [6.45, 7) is 0.198. The second-order valence-electron chi connectivity index (χ2n) is 7.74. The van der Waals surface area contributed by atoms with Crippen molar-refractivity contribution in [1.29, 1.82) is 0 Å². The zero-order valence-electron chi connectivity index (χ0n) is 16.9. The molecule has 0 saturated heterocycles. The molecule has 2 aromatic carbocycles. The number of nitrogens with two attached hydrogens (primary N) is 1. The van der Waals surface area contributed by atoms with E-state index in [1.165, 1.54) is 11.1 Å². The number of benzene rings is 2. The summed E-state index contributed by atoms with van der Waals surface area (Å²) in [5.41, 5.74) is 11.0. The van der Waals surface area contributed by atoms with Gasteiger partial charge in [0.25, 0.3) is 0 Å². The fourth-order valence-electron chi connectivity index (χ4n) is 4.21. The van der Waals surface area contributed by atoms with Gasteiger partial charge in [-0.15, -0.1) is 5.10 Å². The van der Waals surface area contributed by atoms with Crippen molar-refractivity contribution in [3.8, 4) is 0 Å². The molecule has 0 spiro atoms. The second kappa shape index (κ2) is 9.50. The van der Waals surface area contributed by atoms with Crippen molar-refractivity contribution in [3.63, 3.8) is 0 Å². The summed E-state index contributed by atoms with van der Waals surface area (Å²) >= 11 is 0. The van der Waals surface area contributed by atoms with E-state index in [9.17, 15) is 5.11 Å². The molecule has 0 radical (unpaired) electrons. The molecule has 2 atom stereocenters. The minimum Gasteiger partial charge on any atom is -0.396 e. The van der Waals surface area contributed by atoms with Crippen LogP contribution in [0.5, 0.6) is 0 Å². The fourth-order valence-corrected chi connectivity index (χ4v) is 4.21. The smallest absolute Gasteiger partial charge is 0.203 e. The third-order valence-corrected chi connectivity index (χ3v) is 5.69. The maximum absolute atomic E-state index is 9.62. The number of anilines is 1. The lowest BCUT2D eigenvalue weighted by molar-refractivity contribution is 0.248.